The maximum Gasteiger partial charge on any atom is 0.141 e. The average molecular weight is 266 g/mol. The van der Waals surface area contributed by atoms with E-state index in [-0.39, 0.29) is 5.54 Å². The van der Waals surface area contributed by atoms with E-state index in [2.05, 4.69) is 16.8 Å². The summed E-state index contributed by atoms with van der Waals surface area (Å²) in [5.41, 5.74) is 0.269. The van der Waals surface area contributed by atoms with Crippen LogP contribution in [-0.4, -0.2) is 34.6 Å². The fraction of sp³-hybridized carbons (Fsp3) is 0.667. The summed E-state index contributed by atoms with van der Waals surface area (Å²) in [6, 6.07) is 1.39. The highest BCUT2D eigenvalue weighted by molar-refractivity contribution is 5.19. The van der Waals surface area contributed by atoms with E-state index < -0.39 is 11.9 Å². The molecule has 0 amide bonds. The minimum absolute atomic E-state index is 0.304. The molecule has 1 unspecified atom stereocenters. The molecule has 0 radical (unpaired) electrons. The first kappa shape index (κ1) is 14.4. The van der Waals surface area contributed by atoms with Crippen LogP contribution in [0.5, 0.6) is 0 Å². The number of pyridine rings is 1. The van der Waals surface area contributed by atoms with Crippen molar-refractivity contribution < 1.29 is 9.50 Å². The monoisotopic (exact) mass is 266 g/mol. The smallest absolute Gasteiger partial charge is 0.141 e. The van der Waals surface area contributed by atoms with Gasteiger partial charge in [-0.3, -0.25) is 4.98 Å². The zero-order valence-corrected chi connectivity index (χ0v) is 11.9. The van der Waals surface area contributed by atoms with E-state index in [1.54, 1.807) is 6.20 Å². The van der Waals surface area contributed by atoms with Crippen LogP contribution in [-0.2, 0) is 0 Å². The predicted octanol–water partition coefficient (Wildman–Crippen LogP) is 2.76. The van der Waals surface area contributed by atoms with Crippen molar-refractivity contribution in [3.63, 3.8) is 0 Å². The van der Waals surface area contributed by atoms with Crippen molar-refractivity contribution in [3.8, 4) is 0 Å². The highest BCUT2D eigenvalue weighted by atomic mass is 19.1. The molecule has 106 valence electrons. The van der Waals surface area contributed by atoms with Gasteiger partial charge in [-0.1, -0.05) is 6.92 Å². The largest absolute Gasteiger partial charge is 0.386 e. The van der Waals surface area contributed by atoms with Crippen molar-refractivity contribution >= 4 is 0 Å². The molecule has 4 heteroatoms. The van der Waals surface area contributed by atoms with Gasteiger partial charge in [0.2, 0.25) is 0 Å². The van der Waals surface area contributed by atoms with E-state index in [1.165, 1.54) is 12.3 Å². The topological polar surface area (TPSA) is 36.4 Å². The quantitative estimate of drug-likeness (QED) is 0.914. The standard InChI is InChI=1S/C15H23FN2O/c1-11-4-6-15(7-5-11,18(2)3)14(19)12-8-13(16)10-17-9-12/h8-11,14,19H,4-7H2,1-3H3. The Morgan fingerprint density at radius 2 is 2.00 bits per heavy atom. The highest BCUT2D eigenvalue weighted by Crippen LogP contribution is 2.43. The molecule has 0 bridgehead atoms. The van der Waals surface area contributed by atoms with Crippen LogP contribution in [0.2, 0.25) is 0 Å². The summed E-state index contributed by atoms with van der Waals surface area (Å²) >= 11 is 0. The second kappa shape index (κ2) is 5.55. The molecule has 3 nitrogen and oxygen atoms in total. The summed E-state index contributed by atoms with van der Waals surface area (Å²) in [6.45, 7) is 2.25. The molecule has 1 aromatic rings. The van der Waals surface area contributed by atoms with Crippen molar-refractivity contribution in [2.75, 3.05) is 14.1 Å². The van der Waals surface area contributed by atoms with E-state index in [0.717, 1.165) is 25.7 Å². The van der Waals surface area contributed by atoms with Gasteiger partial charge in [-0.2, -0.15) is 0 Å². The highest BCUT2D eigenvalue weighted by Gasteiger charge is 2.43. The van der Waals surface area contributed by atoms with Crippen LogP contribution in [0.1, 0.15) is 44.3 Å². The van der Waals surface area contributed by atoms with Crippen molar-refractivity contribution in [1.29, 1.82) is 0 Å². The fourth-order valence-electron chi connectivity index (χ4n) is 3.12. The van der Waals surface area contributed by atoms with Gasteiger partial charge in [0.25, 0.3) is 0 Å². The van der Waals surface area contributed by atoms with Gasteiger partial charge in [0.05, 0.1) is 17.8 Å². The molecule has 1 aliphatic carbocycles. The molecule has 1 heterocycles. The number of halogens is 1. The molecule has 19 heavy (non-hydrogen) atoms. The molecule has 1 atom stereocenters. The number of aliphatic hydroxyl groups excluding tert-OH is 1. The maximum atomic E-state index is 13.3. The van der Waals surface area contributed by atoms with Crippen molar-refractivity contribution in [3.05, 3.63) is 29.8 Å². The molecule has 0 aromatic carbocycles. The van der Waals surface area contributed by atoms with Crippen molar-refractivity contribution in [2.45, 2.75) is 44.2 Å². The Morgan fingerprint density at radius 3 is 2.53 bits per heavy atom. The first-order chi connectivity index (χ1) is 8.95. The fourth-order valence-corrected chi connectivity index (χ4v) is 3.12. The van der Waals surface area contributed by atoms with E-state index >= 15 is 0 Å². The number of rotatable bonds is 3. The number of hydrogen-bond acceptors (Lipinski definition) is 3. The number of aromatic nitrogens is 1. The van der Waals surface area contributed by atoms with Gasteiger partial charge in [0, 0.05) is 11.8 Å². The van der Waals surface area contributed by atoms with Crippen LogP contribution in [0, 0.1) is 11.7 Å². The molecule has 1 fully saturated rings. The summed E-state index contributed by atoms with van der Waals surface area (Å²) in [6.07, 6.45) is 6.09. The molecule has 1 N–H and O–H groups in total. The minimum Gasteiger partial charge on any atom is -0.386 e. The van der Waals surface area contributed by atoms with Crippen LogP contribution in [0.25, 0.3) is 0 Å². The molecular weight excluding hydrogens is 243 g/mol. The van der Waals surface area contributed by atoms with Crippen LogP contribution in [0.3, 0.4) is 0 Å². The predicted molar refractivity (Wildman–Crippen MR) is 73.2 cm³/mol. The Morgan fingerprint density at radius 1 is 1.37 bits per heavy atom. The Hall–Kier alpha value is -1.00. The SMILES string of the molecule is CC1CCC(C(O)c2cncc(F)c2)(N(C)C)CC1. The van der Waals surface area contributed by atoms with Crippen molar-refractivity contribution in [2.24, 2.45) is 5.92 Å². The lowest BCUT2D eigenvalue weighted by molar-refractivity contribution is -0.0411. The number of likely N-dealkylation sites (N-methyl/N-ethyl adjacent to an activating group) is 1. The van der Waals surface area contributed by atoms with Crippen LogP contribution in [0.15, 0.2) is 18.5 Å². The molecule has 0 aliphatic heterocycles. The third-order valence-corrected chi connectivity index (χ3v) is 4.58. The Kier molecular flexibility index (Phi) is 4.21. The first-order valence-electron chi connectivity index (χ1n) is 6.91. The second-order valence-electron chi connectivity index (χ2n) is 6.02. The van der Waals surface area contributed by atoms with Gasteiger partial charge in [0.15, 0.2) is 0 Å². The minimum atomic E-state index is -0.696. The summed E-state index contributed by atoms with van der Waals surface area (Å²) in [7, 11) is 3.98. The molecule has 1 aliphatic rings. The van der Waals surface area contributed by atoms with Gasteiger partial charge in [0.1, 0.15) is 5.82 Å². The van der Waals surface area contributed by atoms with E-state index in [1.807, 2.05) is 14.1 Å². The van der Waals surface area contributed by atoms with Crippen LogP contribution >= 0.6 is 0 Å². The summed E-state index contributed by atoms with van der Waals surface area (Å²) in [5, 5.41) is 10.7. The number of nitrogens with zero attached hydrogens (tertiary/aromatic N) is 2. The Labute approximate surface area is 114 Å². The molecule has 0 spiro atoms. The average Bonchev–Trinajstić information content (AvgIpc) is 2.39. The summed E-state index contributed by atoms with van der Waals surface area (Å²) in [4.78, 5) is 5.94. The van der Waals surface area contributed by atoms with Gasteiger partial charge in [-0.25, -0.2) is 4.39 Å². The second-order valence-corrected chi connectivity index (χ2v) is 6.02. The molecule has 0 saturated heterocycles. The summed E-state index contributed by atoms with van der Waals surface area (Å²) < 4.78 is 13.3. The van der Waals surface area contributed by atoms with Gasteiger partial charge in [-0.05, 0) is 51.8 Å². The lowest BCUT2D eigenvalue weighted by Gasteiger charge is -2.47. The van der Waals surface area contributed by atoms with E-state index in [9.17, 15) is 9.50 Å². The molecular formula is C15H23FN2O. The van der Waals surface area contributed by atoms with Gasteiger partial charge >= 0.3 is 0 Å². The third kappa shape index (κ3) is 2.79. The van der Waals surface area contributed by atoms with E-state index in [4.69, 9.17) is 0 Å². The number of hydrogen-bond donors (Lipinski definition) is 1. The van der Waals surface area contributed by atoms with Crippen LogP contribution < -0.4 is 0 Å². The third-order valence-electron chi connectivity index (χ3n) is 4.58. The lowest BCUT2D eigenvalue weighted by atomic mass is 9.71. The zero-order chi connectivity index (χ0) is 14.0. The van der Waals surface area contributed by atoms with Gasteiger partial charge in [-0.15, -0.1) is 0 Å². The molecule has 2 rings (SSSR count). The zero-order valence-electron chi connectivity index (χ0n) is 11.9. The van der Waals surface area contributed by atoms with E-state index in [0.29, 0.717) is 11.5 Å². The Balaban J connectivity index is 2.29. The van der Waals surface area contributed by atoms with Crippen molar-refractivity contribution in [1.82, 2.24) is 9.88 Å². The number of aliphatic hydroxyl groups is 1. The molecule has 1 saturated carbocycles. The molecule has 1 aromatic heterocycles. The normalized spacial score (nSPS) is 29.5. The van der Waals surface area contributed by atoms with Crippen LogP contribution in [0.4, 0.5) is 4.39 Å². The summed E-state index contributed by atoms with van der Waals surface area (Å²) in [5.74, 6) is 0.306. The van der Waals surface area contributed by atoms with Gasteiger partial charge < -0.3 is 10.0 Å². The lowest BCUT2D eigenvalue weighted by Crippen LogP contribution is -2.51. The Bertz CT molecular complexity index is 428. The maximum absolute atomic E-state index is 13.3. The first-order valence-corrected chi connectivity index (χ1v) is 6.91.